The minimum atomic E-state index is 0.491. The van der Waals surface area contributed by atoms with Crippen molar-refractivity contribution >= 4 is 39.3 Å². The lowest BCUT2D eigenvalue weighted by Gasteiger charge is -2.05. The van der Waals surface area contributed by atoms with E-state index in [2.05, 4.69) is 31.7 Å². The number of hydrogen-bond donors (Lipinski definition) is 0. The Labute approximate surface area is 124 Å². The fourth-order valence-corrected chi connectivity index (χ4v) is 4.03. The van der Waals surface area contributed by atoms with E-state index in [0.29, 0.717) is 6.04 Å². The van der Waals surface area contributed by atoms with Gasteiger partial charge in [0.05, 0.1) is 5.56 Å². The minimum absolute atomic E-state index is 0.491. The van der Waals surface area contributed by atoms with Crippen LogP contribution >= 0.6 is 39.3 Å². The van der Waals surface area contributed by atoms with Gasteiger partial charge in [0.2, 0.25) is 0 Å². The quantitative estimate of drug-likeness (QED) is 0.470. The van der Waals surface area contributed by atoms with Crippen molar-refractivity contribution in [2.24, 2.45) is 0 Å². The van der Waals surface area contributed by atoms with E-state index in [4.69, 9.17) is 11.6 Å². The van der Waals surface area contributed by atoms with Gasteiger partial charge in [0, 0.05) is 16.1 Å². The summed E-state index contributed by atoms with van der Waals surface area (Å²) in [7, 11) is 0. The molecule has 1 aromatic carbocycles. The number of alkyl halides is 1. The SMILES string of the molecule is Clc1ccc(-c2cnc3[n+](c2)[C@H](CBr)CS3)cc1. The second kappa shape index (κ2) is 5.19. The largest absolute Gasteiger partial charge is 0.359 e. The molecule has 0 saturated heterocycles. The molecule has 1 aliphatic heterocycles. The van der Waals surface area contributed by atoms with E-state index >= 15 is 0 Å². The molecule has 0 amide bonds. The highest BCUT2D eigenvalue weighted by Crippen LogP contribution is 2.27. The molecule has 3 rings (SSSR count). The van der Waals surface area contributed by atoms with Crippen LogP contribution in [0.5, 0.6) is 0 Å². The van der Waals surface area contributed by atoms with Gasteiger partial charge in [-0.2, -0.15) is 0 Å². The maximum absolute atomic E-state index is 5.91. The maximum atomic E-state index is 5.91. The van der Waals surface area contributed by atoms with Crippen molar-refractivity contribution in [1.82, 2.24) is 4.98 Å². The standard InChI is InChI=1S/C13H11BrClN2S/c14-5-12-8-18-13-16-6-10(7-17(12)13)9-1-3-11(15)4-2-9/h1-4,6-7,12H,5,8H2/q+1/t12-/m1/s1. The number of rotatable bonds is 2. The Morgan fingerprint density at radius 1 is 1.33 bits per heavy atom. The molecule has 1 aromatic heterocycles. The van der Waals surface area contributed by atoms with E-state index in [1.54, 1.807) is 0 Å². The van der Waals surface area contributed by atoms with Crippen molar-refractivity contribution in [1.29, 1.82) is 0 Å². The normalized spacial score (nSPS) is 17.8. The van der Waals surface area contributed by atoms with Crippen LogP contribution in [0.2, 0.25) is 5.02 Å². The first-order chi connectivity index (χ1) is 8.78. The summed E-state index contributed by atoms with van der Waals surface area (Å²) in [6.07, 6.45) is 4.11. The Morgan fingerprint density at radius 2 is 2.11 bits per heavy atom. The van der Waals surface area contributed by atoms with E-state index in [0.717, 1.165) is 32.4 Å². The fourth-order valence-electron chi connectivity index (χ4n) is 1.96. The van der Waals surface area contributed by atoms with Crippen LogP contribution in [0.1, 0.15) is 6.04 Å². The third kappa shape index (κ3) is 2.29. The van der Waals surface area contributed by atoms with Gasteiger partial charge in [-0.25, -0.2) is 4.57 Å². The summed E-state index contributed by atoms with van der Waals surface area (Å²) in [5, 5.41) is 2.82. The summed E-state index contributed by atoms with van der Waals surface area (Å²) < 4.78 is 2.25. The first-order valence-electron chi connectivity index (χ1n) is 5.64. The molecule has 92 valence electrons. The highest BCUT2D eigenvalue weighted by molar-refractivity contribution is 9.09. The van der Waals surface area contributed by atoms with Crippen molar-refractivity contribution in [3.05, 3.63) is 41.7 Å². The van der Waals surface area contributed by atoms with E-state index in [9.17, 15) is 0 Å². The number of thioether (sulfide) groups is 1. The molecule has 2 aromatic rings. The van der Waals surface area contributed by atoms with Gasteiger partial charge in [-0.1, -0.05) is 39.7 Å². The molecule has 0 fully saturated rings. The molecule has 5 heteroatoms. The van der Waals surface area contributed by atoms with Crippen LogP contribution in [0.25, 0.3) is 11.1 Å². The molecule has 1 aliphatic rings. The lowest BCUT2D eigenvalue weighted by atomic mass is 10.1. The molecule has 0 saturated carbocycles. The average molecular weight is 343 g/mol. The smallest absolute Gasteiger partial charge is 0.220 e. The van der Waals surface area contributed by atoms with Crippen LogP contribution in [0.3, 0.4) is 0 Å². The maximum Gasteiger partial charge on any atom is 0.359 e. The summed E-state index contributed by atoms with van der Waals surface area (Å²) in [4.78, 5) is 4.53. The topological polar surface area (TPSA) is 16.8 Å². The molecule has 0 radical (unpaired) electrons. The second-order valence-electron chi connectivity index (χ2n) is 4.16. The van der Waals surface area contributed by atoms with Crippen LogP contribution in [0.15, 0.2) is 41.8 Å². The van der Waals surface area contributed by atoms with Crippen LogP contribution in [0.4, 0.5) is 0 Å². The molecule has 0 spiro atoms. The minimum Gasteiger partial charge on any atom is -0.220 e. The van der Waals surface area contributed by atoms with E-state index in [1.807, 2.05) is 42.2 Å². The average Bonchev–Trinajstić information content (AvgIpc) is 2.81. The van der Waals surface area contributed by atoms with Crippen LogP contribution < -0.4 is 4.57 Å². The summed E-state index contributed by atoms with van der Waals surface area (Å²) in [5.41, 5.74) is 2.27. The van der Waals surface area contributed by atoms with Crippen molar-refractivity contribution in [3.8, 4) is 11.1 Å². The van der Waals surface area contributed by atoms with Crippen molar-refractivity contribution in [3.63, 3.8) is 0 Å². The van der Waals surface area contributed by atoms with Gasteiger partial charge in [0.15, 0.2) is 6.20 Å². The Kier molecular flexibility index (Phi) is 3.59. The van der Waals surface area contributed by atoms with Gasteiger partial charge >= 0.3 is 5.16 Å². The molecule has 2 nitrogen and oxygen atoms in total. The Bertz CT molecular complexity index is 574. The van der Waals surface area contributed by atoms with Gasteiger partial charge in [-0.3, -0.25) is 0 Å². The second-order valence-corrected chi connectivity index (χ2v) is 6.23. The zero-order valence-electron chi connectivity index (χ0n) is 9.51. The third-order valence-corrected chi connectivity index (χ3v) is 5.09. The summed E-state index contributed by atoms with van der Waals surface area (Å²) in [6.45, 7) is 0. The van der Waals surface area contributed by atoms with Gasteiger partial charge < -0.3 is 0 Å². The Morgan fingerprint density at radius 3 is 2.83 bits per heavy atom. The van der Waals surface area contributed by atoms with Crippen LogP contribution in [0, 0.1) is 0 Å². The zero-order valence-corrected chi connectivity index (χ0v) is 12.7. The van der Waals surface area contributed by atoms with Gasteiger partial charge in [-0.05, 0) is 34.4 Å². The summed E-state index contributed by atoms with van der Waals surface area (Å²) in [6, 6.07) is 8.36. The van der Waals surface area contributed by atoms with Crippen LogP contribution in [-0.2, 0) is 0 Å². The number of aromatic nitrogens is 2. The Hall–Kier alpha value is -0.580. The number of benzene rings is 1. The van der Waals surface area contributed by atoms with E-state index in [1.165, 1.54) is 0 Å². The van der Waals surface area contributed by atoms with Crippen molar-refractivity contribution < 1.29 is 4.57 Å². The van der Waals surface area contributed by atoms with Gasteiger partial charge in [-0.15, -0.1) is 0 Å². The van der Waals surface area contributed by atoms with E-state index in [-0.39, 0.29) is 0 Å². The molecular weight excluding hydrogens is 332 g/mol. The summed E-state index contributed by atoms with van der Waals surface area (Å²) in [5.74, 6) is 1.09. The fraction of sp³-hybridized carbons (Fsp3) is 0.231. The van der Waals surface area contributed by atoms with Crippen LogP contribution in [-0.4, -0.2) is 16.1 Å². The number of halogens is 2. The predicted octanol–water partition coefficient (Wildman–Crippen LogP) is 3.73. The number of hydrogen-bond acceptors (Lipinski definition) is 2. The van der Waals surface area contributed by atoms with E-state index < -0.39 is 0 Å². The first-order valence-corrected chi connectivity index (χ1v) is 8.12. The lowest BCUT2D eigenvalue weighted by Crippen LogP contribution is -2.39. The van der Waals surface area contributed by atoms with Crippen molar-refractivity contribution in [2.45, 2.75) is 11.2 Å². The number of fused-ring (bicyclic) bond motifs is 1. The molecule has 0 aliphatic carbocycles. The lowest BCUT2D eigenvalue weighted by molar-refractivity contribution is -0.746. The van der Waals surface area contributed by atoms with Gasteiger partial charge in [0.25, 0.3) is 0 Å². The molecule has 0 bridgehead atoms. The highest BCUT2D eigenvalue weighted by atomic mass is 79.9. The molecule has 1 atom stereocenters. The van der Waals surface area contributed by atoms with Crippen molar-refractivity contribution in [2.75, 3.05) is 11.1 Å². The highest BCUT2D eigenvalue weighted by Gasteiger charge is 2.30. The zero-order chi connectivity index (χ0) is 12.5. The molecule has 0 unspecified atom stereocenters. The molecule has 18 heavy (non-hydrogen) atoms. The number of nitrogens with zero attached hydrogens (tertiary/aromatic N) is 2. The predicted molar refractivity (Wildman–Crippen MR) is 78.4 cm³/mol. The Balaban J connectivity index is 2.02. The monoisotopic (exact) mass is 341 g/mol. The third-order valence-electron chi connectivity index (χ3n) is 2.97. The molecule has 0 N–H and O–H groups in total. The summed E-state index contributed by atoms with van der Waals surface area (Å²) >= 11 is 11.3. The molecule has 2 heterocycles. The van der Waals surface area contributed by atoms with Gasteiger partial charge in [0.1, 0.15) is 12.2 Å². The molecular formula is C13H11BrClN2S+. The first kappa shape index (κ1) is 12.5.